The number of carbonyl (C=O) groups is 1. The van der Waals surface area contributed by atoms with Crippen molar-refractivity contribution in [3.8, 4) is 11.3 Å². The predicted molar refractivity (Wildman–Crippen MR) is 109 cm³/mol. The molecule has 1 amide bonds. The van der Waals surface area contributed by atoms with Gasteiger partial charge in [-0.25, -0.2) is 19.3 Å². The number of pyridine rings is 1. The summed E-state index contributed by atoms with van der Waals surface area (Å²) in [5.41, 5.74) is 1.77. The zero-order chi connectivity index (χ0) is 21.1. The van der Waals surface area contributed by atoms with Crippen molar-refractivity contribution < 1.29 is 13.6 Å². The minimum Gasteiger partial charge on any atom is -0.342 e. The van der Waals surface area contributed by atoms with Gasteiger partial charge in [-0.2, -0.15) is 4.39 Å². The molecule has 0 spiro atoms. The van der Waals surface area contributed by atoms with Crippen molar-refractivity contribution in [3.05, 3.63) is 66.3 Å². The fourth-order valence-electron chi connectivity index (χ4n) is 3.58. The van der Waals surface area contributed by atoms with Gasteiger partial charge in [0.1, 0.15) is 17.5 Å². The number of aromatic nitrogens is 3. The number of benzene rings is 1. The molecule has 1 fully saturated rings. The number of anilines is 2. The van der Waals surface area contributed by atoms with E-state index in [1.54, 1.807) is 36.1 Å². The monoisotopic (exact) mass is 409 g/mol. The van der Waals surface area contributed by atoms with Gasteiger partial charge >= 0.3 is 0 Å². The summed E-state index contributed by atoms with van der Waals surface area (Å²) in [6.45, 7) is 2.82. The summed E-state index contributed by atoms with van der Waals surface area (Å²) >= 11 is 0. The number of likely N-dealkylation sites (tertiary alicyclic amines) is 1. The van der Waals surface area contributed by atoms with E-state index in [9.17, 15) is 13.6 Å². The molecule has 2 aromatic heterocycles. The molecule has 1 unspecified atom stereocenters. The first-order valence-corrected chi connectivity index (χ1v) is 9.77. The summed E-state index contributed by atoms with van der Waals surface area (Å²) in [5, 5.41) is 3.11. The van der Waals surface area contributed by atoms with Crippen LogP contribution in [-0.4, -0.2) is 38.8 Å². The molecule has 0 aliphatic carbocycles. The quantitative estimate of drug-likeness (QED) is 0.651. The van der Waals surface area contributed by atoms with Gasteiger partial charge in [0.15, 0.2) is 0 Å². The van der Waals surface area contributed by atoms with Gasteiger partial charge in [-0.05, 0) is 43.2 Å². The van der Waals surface area contributed by atoms with Gasteiger partial charge in [-0.15, -0.1) is 0 Å². The van der Waals surface area contributed by atoms with E-state index in [0.717, 1.165) is 19.4 Å². The molecule has 154 valence electrons. The lowest BCUT2D eigenvalue weighted by molar-refractivity contribution is -0.130. The van der Waals surface area contributed by atoms with E-state index in [1.807, 2.05) is 0 Å². The highest BCUT2D eigenvalue weighted by Crippen LogP contribution is 2.29. The van der Waals surface area contributed by atoms with E-state index in [-0.39, 0.29) is 17.6 Å². The standard InChI is InChI=1S/C22H21F2N5O/c1-14(30)29-9-3-4-16(13-29)22-27-19(15-7-8-20(24)25-12-15)11-21(28-22)26-18-6-2-5-17(23)10-18/h2,5-8,10-12,16H,3-4,9,13H2,1H3,(H,26,27,28). The molecule has 30 heavy (non-hydrogen) atoms. The molecular formula is C22H21F2N5O. The second-order valence-electron chi connectivity index (χ2n) is 7.31. The van der Waals surface area contributed by atoms with E-state index in [4.69, 9.17) is 0 Å². The number of nitrogens with zero attached hydrogens (tertiary/aromatic N) is 4. The number of amides is 1. The Morgan fingerprint density at radius 1 is 1.17 bits per heavy atom. The Kier molecular flexibility index (Phi) is 5.65. The molecule has 0 radical (unpaired) electrons. The molecule has 6 nitrogen and oxygen atoms in total. The van der Waals surface area contributed by atoms with Gasteiger partial charge < -0.3 is 10.2 Å². The normalized spacial score (nSPS) is 16.4. The van der Waals surface area contributed by atoms with Gasteiger partial charge in [0, 0.05) is 49.4 Å². The number of piperidine rings is 1. The number of halogens is 2. The molecule has 3 aromatic rings. The van der Waals surface area contributed by atoms with Gasteiger partial charge in [0.25, 0.3) is 0 Å². The van der Waals surface area contributed by atoms with Crippen LogP contribution in [0.15, 0.2) is 48.7 Å². The molecule has 1 saturated heterocycles. The second kappa shape index (κ2) is 8.52. The van der Waals surface area contributed by atoms with Crippen LogP contribution in [0.1, 0.15) is 31.5 Å². The van der Waals surface area contributed by atoms with Crippen molar-refractivity contribution in [2.75, 3.05) is 18.4 Å². The zero-order valence-electron chi connectivity index (χ0n) is 16.5. The Bertz CT molecular complexity index is 1060. The molecule has 3 heterocycles. The predicted octanol–water partition coefficient (Wildman–Crippen LogP) is 4.29. The smallest absolute Gasteiger partial charge is 0.219 e. The average Bonchev–Trinajstić information content (AvgIpc) is 2.74. The van der Waals surface area contributed by atoms with Crippen LogP contribution in [0, 0.1) is 11.8 Å². The third kappa shape index (κ3) is 4.59. The number of rotatable bonds is 4. The third-order valence-electron chi connectivity index (χ3n) is 5.10. The lowest BCUT2D eigenvalue weighted by atomic mass is 9.97. The first kappa shape index (κ1) is 19.9. The fourth-order valence-corrected chi connectivity index (χ4v) is 3.58. The average molecular weight is 409 g/mol. The van der Waals surface area contributed by atoms with E-state index >= 15 is 0 Å². The van der Waals surface area contributed by atoms with E-state index in [2.05, 4.69) is 20.3 Å². The molecule has 1 aliphatic heterocycles. The summed E-state index contributed by atoms with van der Waals surface area (Å²) in [6.07, 6.45) is 3.13. The summed E-state index contributed by atoms with van der Waals surface area (Å²) in [5.74, 6) is 0.143. The molecule has 1 aliphatic rings. The van der Waals surface area contributed by atoms with Crippen molar-refractivity contribution in [2.45, 2.75) is 25.7 Å². The number of carbonyl (C=O) groups excluding carboxylic acids is 1. The van der Waals surface area contributed by atoms with Crippen molar-refractivity contribution in [2.24, 2.45) is 0 Å². The maximum atomic E-state index is 13.6. The van der Waals surface area contributed by atoms with Crippen molar-refractivity contribution >= 4 is 17.4 Å². The Morgan fingerprint density at radius 2 is 2.03 bits per heavy atom. The molecule has 0 saturated carbocycles. The minimum absolute atomic E-state index is 0.0240. The Labute approximate surface area is 173 Å². The molecule has 0 bridgehead atoms. The van der Waals surface area contributed by atoms with Crippen LogP contribution >= 0.6 is 0 Å². The highest BCUT2D eigenvalue weighted by Gasteiger charge is 2.26. The lowest BCUT2D eigenvalue weighted by Gasteiger charge is -2.31. The van der Waals surface area contributed by atoms with Gasteiger partial charge in [0.2, 0.25) is 11.9 Å². The molecule has 1 N–H and O–H groups in total. The van der Waals surface area contributed by atoms with Crippen LogP contribution in [0.3, 0.4) is 0 Å². The van der Waals surface area contributed by atoms with E-state index in [0.29, 0.717) is 35.1 Å². The first-order chi connectivity index (χ1) is 14.5. The molecule has 4 rings (SSSR count). The van der Waals surface area contributed by atoms with Crippen LogP contribution in [0.25, 0.3) is 11.3 Å². The fraction of sp³-hybridized carbons (Fsp3) is 0.273. The summed E-state index contributed by atoms with van der Waals surface area (Å²) < 4.78 is 26.9. The van der Waals surface area contributed by atoms with E-state index < -0.39 is 5.95 Å². The maximum absolute atomic E-state index is 13.6. The third-order valence-corrected chi connectivity index (χ3v) is 5.10. The van der Waals surface area contributed by atoms with Crippen molar-refractivity contribution in [1.82, 2.24) is 19.9 Å². The first-order valence-electron chi connectivity index (χ1n) is 9.77. The highest BCUT2D eigenvalue weighted by atomic mass is 19.1. The molecule has 8 heteroatoms. The Balaban J connectivity index is 1.72. The van der Waals surface area contributed by atoms with Crippen LogP contribution in [-0.2, 0) is 4.79 Å². The van der Waals surface area contributed by atoms with E-state index in [1.165, 1.54) is 24.4 Å². The van der Waals surface area contributed by atoms with Crippen LogP contribution in [0.4, 0.5) is 20.3 Å². The molecule has 1 atom stereocenters. The van der Waals surface area contributed by atoms with Gasteiger partial charge in [0.05, 0.1) is 5.69 Å². The number of hydrogen-bond donors (Lipinski definition) is 1. The van der Waals surface area contributed by atoms with Gasteiger partial charge in [-0.1, -0.05) is 6.07 Å². The maximum Gasteiger partial charge on any atom is 0.219 e. The Morgan fingerprint density at radius 3 is 2.77 bits per heavy atom. The topological polar surface area (TPSA) is 71.0 Å². The van der Waals surface area contributed by atoms with Crippen molar-refractivity contribution in [1.29, 1.82) is 0 Å². The van der Waals surface area contributed by atoms with Crippen LogP contribution in [0.2, 0.25) is 0 Å². The van der Waals surface area contributed by atoms with Gasteiger partial charge in [-0.3, -0.25) is 4.79 Å². The largest absolute Gasteiger partial charge is 0.342 e. The number of hydrogen-bond acceptors (Lipinski definition) is 5. The summed E-state index contributed by atoms with van der Waals surface area (Å²) in [4.78, 5) is 26.7. The Hall–Kier alpha value is -3.42. The summed E-state index contributed by atoms with van der Waals surface area (Å²) in [7, 11) is 0. The lowest BCUT2D eigenvalue weighted by Crippen LogP contribution is -2.38. The zero-order valence-corrected chi connectivity index (χ0v) is 16.5. The van der Waals surface area contributed by atoms with Crippen LogP contribution in [0.5, 0.6) is 0 Å². The summed E-state index contributed by atoms with van der Waals surface area (Å²) in [6, 6.07) is 10.7. The highest BCUT2D eigenvalue weighted by molar-refractivity contribution is 5.73. The van der Waals surface area contributed by atoms with Crippen molar-refractivity contribution in [3.63, 3.8) is 0 Å². The molecule has 1 aromatic carbocycles. The molecular weight excluding hydrogens is 388 g/mol. The van der Waals surface area contributed by atoms with Crippen LogP contribution < -0.4 is 5.32 Å². The minimum atomic E-state index is -0.574. The SMILES string of the molecule is CC(=O)N1CCCC(c2nc(Nc3cccc(F)c3)cc(-c3ccc(F)nc3)n2)C1. The number of nitrogens with one attached hydrogen (secondary N) is 1. The second-order valence-corrected chi connectivity index (χ2v) is 7.31.